The summed E-state index contributed by atoms with van der Waals surface area (Å²) in [5, 5.41) is 2.83. The lowest BCUT2D eigenvalue weighted by Crippen LogP contribution is -2.57. The Bertz CT molecular complexity index is 2390. The first-order valence-electron chi connectivity index (χ1n) is 22.4. The Morgan fingerprint density at radius 3 is 2.24 bits per heavy atom. The zero-order valence-electron chi connectivity index (χ0n) is 37.8. The van der Waals surface area contributed by atoms with Crippen molar-refractivity contribution in [2.45, 2.75) is 115 Å². The van der Waals surface area contributed by atoms with Crippen molar-refractivity contribution in [1.82, 2.24) is 20.1 Å². The number of nitrogens with zero attached hydrogens (tertiary/aromatic N) is 3. The van der Waals surface area contributed by atoms with Crippen LogP contribution in [0, 0.1) is 24.3 Å². The average molecular weight is 990 g/mol. The molecule has 3 aromatic rings. The van der Waals surface area contributed by atoms with Gasteiger partial charge >= 0.3 is 13.3 Å². The van der Waals surface area contributed by atoms with E-state index in [1.807, 2.05) is 27.7 Å². The van der Waals surface area contributed by atoms with Crippen molar-refractivity contribution < 1.29 is 46.4 Å². The van der Waals surface area contributed by atoms with Gasteiger partial charge in [-0.25, -0.2) is 6.57 Å². The fourth-order valence-electron chi connectivity index (χ4n) is 8.90. The van der Waals surface area contributed by atoms with Crippen LogP contribution in [0.5, 0.6) is 0 Å². The molecule has 3 saturated heterocycles. The molecule has 3 aliphatic rings. The second-order valence-corrected chi connectivity index (χ2v) is 23.5. The number of carbonyl (C=O) groups excluding carboxylic acids is 5. The number of rotatable bonds is 18. The number of aromatic nitrogens is 1. The molecule has 5 heterocycles. The van der Waals surface area contributed by atoms with E-state index in [-0.39, 0.29) is 105 Å². The Balaban J connectivity index is 1.17. The van der Waals surface area contributed by atoms with E-state index in [9.17, 15) is 33.3 Å². The summed E-state index contributed by atoms with van der Waals surface area (Å²) < 4.78 is 58.2. The number of benzene rings is 1. The van der Waals surface area contributed by atoms with E-state index in [4.69, 9.17) is 15.6 Å². The van der Waals surface area contributed by atoms with Gasteiger partial charge in [-0.3, -0.25) is 33.3 Å². The fourth-order valence-corrected chi connectivity index (χ4v) is 13.3. The fraction of sp³-hybridized carbons (Fsp3) is 0.587. The molecule has 20 heteroatoms. The number of H-pyrrole nitrogens is 1. The van der Waals surface area contributed by atoms with Crippen LogP contribution in [-0.2, 0) is 38.5 Å². The van der Waals surface area contributed by atoms with Crippen molar-refractivity contribution in [3.63, 3.8) is 0 Å². The number of fused-ring (bicyclic) bond motifs is 2. The molecule has 6 atom stereocenters. The number of hydrogen-bond acceptors (Lipinski definition) is 12. The molecule has 1 aromatic carbocycles. The van der Waals surface area contributed by atoms with Crippen LogP contribution in [-0.4, -0.2) is 105 Å². The number of nitrogens with one attached hydrogen (secondary N) is 2. The first-order chi connectivity index (χ1) is 31.3. The molecule has 2 N–H and O–H groups in total. The number of thiophene rings is 1. The summed E-state index contributed by atoms with van der Waals surface area (Å²) in [6.45, 7) is 16.9. The minimum Gasteiger partial charge on any atom is -0.340 e. The minimum absolute atomic E-state index is 0.0298. The van der Waals surface area contributed by atoms with E-state index in [1.165, 1.54) is 24.4 Å². The Hall–Kier alpha value is -3.92. The molecule has 358 valence electrons. The summed E-state index contributed by atoms with van der Waals surface area (Å²) in [6, 6.07) is 5.64. The van der Waals surface area contributed by atoms with Gasteiger partial charge < -0.3 is 34.0 Å². The van der Waals surface area contributed by atoms with Crippen molar-refractivity contribution in [3.8, 4) is 0 Å². The van der Waals surface area contributed by atoms with Gasteiger partial charge in [0.05, 0.1) is 30.6 Å². The highest BCUT2D eigenvalue weighted by Gasteiger charge is 2.55. The molecule has 3 fully saturated rings. The van der Waals surface area contributed by atoms with Gasteiger partial charge in [0.1, 0.15) is 12.1 Å². The largest absolute Gasteiger partial charge is 0.404 e. The lowest BCUT2D eigenvalue weighted by Gasteiger charge is -2.38. The first-order valence-corrected chi connectivity index (χ1v) is 26.7. The second kappa shape index (κ2) is 22.5. The Morgan fingerprint density at radius 2 is 1.62 bits per heavy atom. The van der Waals surface area contributed by atoms with Crippen LogP contribution in [0.25, 0.3) is 14.9 Å². The molecular formula is C46H58F2N5O9PS3. The number of amides is 3. The van der Waals surface area contributed by atoms with Gasteiger partial charge in [0.15, 0.2) is 10.2 Å². The van der Waals surface area contributed by atoms with Crippen molar-refractivity contribution in [3.05, 3.63) is 80.4 Å². The molecule has 0 aliphatic carbocycles. The van der Waals surface area contributed by atoms with E-state index < -0.39 is 56.1 Å². The van der Waals surface area contributed by atoms with Gasteiger partial charge in [-0.15, -0.1) is 11.3 Å². The van der Waals surface area contributed by atoms with Crippen molar-refractivity contribution >= 4 is 80.5 Å². The molecule has 0 spiro atoms. The van der Waals surface area contributed by atoms with E-state index in [0.29, 0.717) is 35.9 Å². The molecule has 0 saturated carbocycles. The van der Waals surface area contributed by atoms with Gasteiger partial charge in [-0.05, 0) is 78.7 Å². The zero-order chi connectivity index (χ0) is 47.9. The summed E-state index contributed by atoms with van der Waals surface area (Å²) in [4.78, 5) is 89.0. The average Bonchev–Trinajstić information content (AvgIpc) is 4.02. The highest BCUT2D eigenvalue weighted by Crippen LogP contribution is 2.67. The van der Waals surface area contributed by atoms with Gasteiger partial charge in [-0.2, -0.15) is 8.78 Å². The molecule has 2 aromatic heterocycles. The number of pyridine rings is 1. The SMILES string of the molecule is [C-]#[N+][C@H]1CN(C(=O)[C@@H]2CC[C@@H]3C(C)CCC[C@H](NC(=O)c4cc5cc(C(F)(F)P(=O)(OCCSC(=O)CC(C)C)OCCSC(=O)CC(C)C)ccc5s4)C(=O)N32)C[C@@H]1c1cc[nH]c(=O)c1. The molecule has 0 radical (unpaired) electrons. The molecule has 0 bridgehead atoms. The normalized spacial score (nSPS) is 22.6. The maximum absolute atomic E-state index is 16.5. The molecule has 66 heavy (non-hydrogen) atoms. The third-order valence-electron chi connectivity index (χ3n) is 12.2. The topological polar surface area (TPSA) is 177 Å². The first kappa shape index (κ1) is 51.5. The number of aromatic amines is 1. The third kappa shape index (κ3) is 12.2. The number of hydrogen-bond donors (Lipinski definition) is 2. The van der Waals surface area contributed by atoms with Crippen LogP contribution in [0.4, 0.5) is 8.78 Å². The van der Waals surface area contributed by atoms with E-state index in [1.54, 1.807) is 15.9 Å². The number of thioether (sulfide) groups is 2. The van der Waals surface area contributed by atoms with Crippen LogP contribution in [0.1, 0.15) is 106 Å². The summed E-state index contributed by atoms with van der Waals surface area (Å²) in [6.07, 6.45) is 4.83. The maximum atomic E-state index is 16.5. The monoisotopic (exact) mass is 989 g/mol. The minimum atomic E-state index is -5.26. The Labute approximate surface area is 396 Å². The predicted molar refractivity (Wildman–Crippen MR) is 254 cm³/mol. The second-order valence-electron chi connectivity index (χ2n) is 18.1. The van der Waals surface area contributed by atoms with Crippen LogP contribution in [0.15, 0.2) is 47.4 Å². The quantitative estimate of drug-likeness (QED) is 0.0709. The van der Waals surface area contributed by atoms with Crippen LogP contribution in [0.2, 0.25) is 0 Å². The highest BCUT2D eigenvalue weighted by atomic mass is 32.2. The van der Waals surface area contributed by atoms with Crippen molar-refractivity contribution in [2.75, 3.05) is 37.8 Å². The summed E-state index contributed by atoms with van der Waals surface area (Å²) >= 11 is 2.82. The highest BCUT2D eigenvalue weighted by molar-refractivity contribution is 8.13. The Morgan fingerprint density at radius 1 is 0.955 bits per heavy atom. The maximum Gasteiger partial charge on any atom is 0.404 e. The number of carbonyl (C=O) groups is 5. The predicted octanol–water partition coefficient (Wildman–Crippen LogP) is 8.67. The van der Waals surface area contributed by atoms with Gasteiger partial charge in [0, 0.05) is 59.5 Å². The molecule has 3 aliphatic heterocycles. The lowest BCUT2D eigenvalue weighted by molar-refractivity contribution is -0.147. The van der Waals surface area contributed by atoms with E-state index in [0.717, 1.165) is 53.4 Å². The van der Waals surface area contributed by atoms with Crippen LogP contribution in [0.3, 0.4) is 0 Å². The Kier molecular flexibility index (Phi) is 17.5. The summed E-state index contributed by atoms with van der Waals surface area (Å²) in [7, 11) is -5.26. The molecule has 3 amide bonds. The number of alkyl halides is 2. The van der Waals surface area contributed by atoms with Crippen LogP contribution >= 0.6 is 42.5 Å². The van der Waals surface area contributed by atoms with Gasteiger partial charge in [0.2, 0.25) is 23.4 Å². The van der Waals surface area contributed by atoms with Gasteiger partial charge in [0.25, 0.3) is 5.91 Å². The van der Waals surface area contributed by atoms with Crippen LogP contribution < -0.4 is 10.9 Å². The number of likely N-dealkylation sites (tertiary alicyclic amines) is 1. The molecule has 1 unspecified atom stereocenters. The number of halogens is 2. The van der Waals surface area contributed by atoms with Gasteiger partial charge in [-0.1, -0.05) is 70.6 Å². The van der Waals surface area contributed by atoms with E-state index in [2.05, 4.69) is 22.1 Å². The molecule has 6 rings (SSSR count). The van der Waals surface area contributed by atoms with Crippen molar-refractivity contribution in [1.29, 1.82) is 0 Å². The summed E-state index contributed by atoms with van der Waals surface area (Å²) in [5.74, 6) is -1.38. The lowest BCUT2D eigenvalue weighted by atomic mass is 9.90. The smallest absolute Gasteiger partial charge is 0.340 e. The van der Waals surface area contributed by atoms with Crippen molar-refractivity contribution in [2.24, 2.45) is 17.8 Å². The zero-order valence-corrected chi connectivity index (χ0v) is 41.1. The van der Waals surface area contributed by atoms with E-state index >= 15 is 8.78 Å². The molecule has 14 nitrogen and oxygen atoms in total. The molecular weight excluding hydrogens is 932 g/mol. The summed E-state index contributed by atoms with van der Waals surface area (Å²) in [5.41, 5.74) is -4.48. The standard InChI is InChI=1S/C46H58F2N5O9PS3/c1-27(2)20-41(55)64-18-16-61-63(60,62-17-19-65-42(56)21-28(3)4)46(47,48)32-10-13-38-31(22-32)23-39(66-38)43(57)51-34-9-7-8-29(5)36-11-12-37(53(36)44(34)58)45(59)52-25-33(35(26-52)49-6)30-14-15-50-40(54)24-30/h10,13-15,22-24,27-29,33-37H,7-9,11-12,16-21,25-26H2,1-5H3,(H,50,54)(H,51,57)/t29?,33-,34+,35+,36-,37+/m1/s1. The third-order valence-corrected chi connectivity index (χ3v) is 17.0.